The number of hydrogen-bond acceptors (Lipinski definition) is 3. The highest BCUT2D eigenvalue weighted by atomic mass is 16.5. The lowest BCUT2D eigenvalue weighted by Gasteiger charge is -2.45. The first kappa shape index (κ1) is 14.9. The Morgan fingerprint density at radius 1 is 1.26 bits per heavy atom. The second kappa shape index (κ2) is 5.77. The molecular weight excluding hydrogens is 286 g/mol. The van der Waals surface area contributed by atoms with E-state index in [1.807, 2.05) is 17.9 Å². The molecule has 1 aromatic heterocycles. The average Bonchev–Trinajstić information content (AvgIpc) is 2.96. The van der Waals surface area contributed by atoms with Crippen LogP contribution in [0.3, 0.4) is 0 Å². The molecule has 2 aromatic rings. The Morgan fingerprint density at radius 2 is 2.09 bits per heavy atom. The highest BCUT2D eigenvalue weighted by molar-refractivity contribution is 5.40. The molecule has 1 saturated heterocycles. The van der Waals surface area contributed by atoms with Crippen molar-refractivity contribution in [3.63, 3.8) is 0 Å². The van der Waals surface area contributed by atoms with E-state index in [2.05, 4.69) is 41.3 Å². The van der Waals surface area contributed by atoms with Crippen LogP contribution in [0.5, 0.6) is 0 Å². The highest BCUT2D eigenvalue weighted by Gasteiger charge is 2.40. The summed E-state index contributed by atoms with van der Waals surface area (Å²) in [4.78, 5) is 2.52. The number of ether oxygens (including phenoxy) is 1. The molecule has 0 unspecified atom stereocenters. The quantitative estimate of drug-likeness (QED) is 0.854. The van der Waals surface area contributed by atoms with Gasteiger partial charge in [0.25, 0.3) is 0 Å². The van der Waals surface area contributed by atoms with Gasteiger partial charge in [-0.05, 0) is 42.9 Å². The van der Waals surface area contributed by atoms with Crippen LogP contribution in [0.2, 0.25) is 0 Å². The van der Waals surface area contributed by atoms with Crippen molar-refractivity contribution in [1.29, 1.82) is 0 Å². The summed E-state index contributed by atoms with van der Waals surface area (Å²) in [7, 11) is 1.98. The molecule has 0 bridgehead atoms. The van der Waals surface area contributed by atoms with Gasteiger partial charge in [-0.15, -0.1) is 0 Å². The SMILES string of the molecule is Cc1cccc2c1CCOC21CCN(Cc2cnn(C)c2)CC1. The van der Waals surface area contributed by atoms with Crippen LogP contribution in [0.15, 0.2) is 30.6 Å². The Morgan fingerprint density at radius 3 is 2.83 bits per heavy atom. The summed E-state index contributed by atoms with van der Waals surface area (Å²) >= 11 is 0. The van der Waals surface area contributed by atoms with Crippen LogP contribution >= 0.6 is 0 Å². The van der Waals surface area contributed by atoms with Gasteiger partial charge >= 0.3 is 0 Å². The maximum Gasteiger partial charge on any atom is 0.0958 e. The van der Waals surface area contributed by atoms with E-state index in [-0.39, 0.29) is 5.60 Å². The lowest BCUT2D eigenvalue weighted by molar-refractivity contribution is -0.0990. The minimum absolute atomic E-state index is 0.0506. The summed E-state index contributed by atoms with van der Waals surface area (Å²) in [5.74, 6) is 0. The molecule has 0 aliphatic carbocycles. The van der Waals surface area contributed by atoms with Crippen LogP contribution in [-0.4, -0.2) is 34.4 Å². The van der Waals surface area contributed by atoms with E-state index in [4.69, 9.17) is 4.74 Å². The molecule has 1 aromatic carbocycles. The van der Waals surface area contributed by atoms with E-state index >= 15 is 0 Å². The van der Waals surface area contributed by atoms with Crippen LogP contribution < -0.4 is 0 Å². The molecule has 0 N–H and O–H groups in total. The molecule has 2 aliphatic heterocycles. The first-order chi connectivity index (χ1) is 11.2. The Bertz CT molecular complexity index is 698. The third-order valence-corrected chi connectivity index (χ3v) is 5.46. The van der Waals surface area contributed by atoms with Crippen LogP contribution in [-0.2, 0) is 30.4 Å². The van der Waals surface area contributed by atoms with Gasteiger partial charge in [-0.3, -0.25) is 9.58 Å². The molecule has 1 fully saturated rings. The molecule has 0 atom stereocenters. The Labute approximate surface area is 138 Å². The second-order valence-corrected chi connectivity index (χ2v) is 6.99. The number of benzene rings is 1. The van der Waals surface area contributed by atoms with E-state index in [1.165, 1.54) is 22.3 Å². The van der Waals surface area contributed by atoms with Crippen LogP contribution in [0.4, 0.5) is 0 Å². The van der Waals surface area contributed by atoms with Gasteiger partial charge in [0.15, 0.2) is 0 Å². The molecule has 1 spiro atoms. The van der Waals surface area contributed by atoms with Gasteiger partial charge in [0.2, 0.25) is 0 Å². The van der Waals surface area contributed by atoms with E-state index < -0.39 is 0 Å². The zero-order valence-electron chi connectivity index (χ0n) is 14.1. The first-order valence-electron chi connectivity index (χ1n) is 8.59. The number of aromatic nitrogens is 2. The average molecular weight is 311 g/mol. The molecule has 4 rings (SSSR count). The predicted octanol–water partition coefficient (Wildman–Crippen LogP) is 2.79. The molecule has 0 saturated carbocycles. The van der Waals surface area contributed by atoms with Crippen molar-refractivity contribution in [3.8, 4) is 0 Å². The third kappa shape index (κ3) is 2.70. The van der Waals surface area contributed by atoms with E-state index in [1.54, 1.807) is 0 Å². The van der Waals surface area contributed by atoms with Crippen molar-refractivity contribution in [2.45, 2.75) is 38.3 Å². The Hall–Kier alpha value is -1.65. The molecule has 4 nitrogen and oxygen atoms in total. The third-order valence-electron chi connectivity index (χ3n) is 5.46. The second-order valence-electron chi connectivity index (χ2n) is 6.99. The normalized spacial score (nSPS) is 20.6. The summed E-state index contributed by atoms with van der Waals surface area (Å²) in [6, 6.07) is 6.71. The van der Waals surface area contributed by atoms with Gasteiger partial charge in [-0.1, -0.05) is 18.2 Å². The fourth-order valence-electron chi connectivity index (χ4n) is 4.18. The van der Waals surface area contributed by atoms with Crippen molar-refractivity contribution in [2.24, 2.45) is 7.05 Å². The Balaban J connectivity index is 1.50. The zero-order valence-corrected chi connectivity index (χ0v) is 14.1. The van der Waals surface area contributed by atoms with Gasteiger partial charge in [-0.2, -0.15) is 5.10 Å². The number of piperidine rings is 1. The minimum Gasteiger partial charge on any atom is -0.370 e. The number of hydrogen-bond donors (Lipinski definition) is 0. The molecule has 3 heterocycles. The van der Waals surface area contributed by atoms with Gasteiger partial charge < -0.3 is 4.74 Å². The molecule has 0 radical (unpaired) electrons. The van der Waals surface area contributed by atoms with Crippen molar-refractivity contribution in [2.75, 3.05) is 19.7 Å². The summed E-state index contributed by atoms with van der Waals surface area (Å²) in [5.41, 5.74) is 5.64. The van der Waals surface area contributed by atoms with Gasteiger partial charge in [0, 0.05) is 38.4 Å². The lowest BCUT2D eigenvalue weighted by atomic mass is 9.78. The van der Waals surface area contributed by atoms with Gasteiger partial charge in [0.05, 0.1) is 18.4 Å². The largest absolute Gasteiger partial charge is 0.370 e. The molecule has 122 valence electrons. The molecule has 2 aliphatic rings. The smallest absolute Gasteiger partial charge is 0.0958 e. The molecular formula is C19H25N3O. The number of likely N-dealkylation sites (tertiary alicyclic amines) is 1. The summed E-state index contributed by atoms with van der Waals surface area (Å²) in [6.45, 7) is 6.25. The van der Waals surface area contributed by atoms with E-state index in [9.17, 15) is 0 Å². The summed E-state index contributed by atoms with van der Waals surface area (Å²) in [5, 5.41) is 4.27. The van der Waals surface area contributed by atoms with Crippen LogP contribution in [0, 0.1) is 6.92 Å². The fourth-order valence-corrected chi connectivity index (χ4v) is 4.18. The van der Waals surface area contributed by atoms with Crippen molar-refractivity contribution >= 4 is 0 Å². The van der Waals surface area contributed by atoms with Crippen molar-refractivity contribution in [3.05, 3.63) is 52.8 Å². The fraction of sp³-hybridized carbons (Fsp3) is 0.526. The minimum atomic E-state index is -0.0506. The maximum atomic E-state index is 6.35. The number of aryl methyl sites for hydroxylation is 2. The number of nitrogens with zero attached hydrogens (tertiary/aromatic N) is 3. The molecule has 4 heteroatoms. The summed E-state index contributed by atoms with van der Waals surface area (Å²) in [6.07, 6.45) is 7.32. The monoisotopic (exact) mass is 311 g/mol. The molecule has 23 heavy (non-hydrogen) atoms. The van der Waals surface area contributed by atoms with Crippen LogP contribution in [0.1, 0.15) is 35.1 Å². The van der Waals surface area contributed by atoms with Gasteiger partial charge in [-0.25, -0.2) is 0 Å². The zero-order chi connectivity index (χ0) is 15.9. The Kier molecular flexibility index (Phi) is 3.74. The first-order valence-corrected chi connectivity index (χ1v) is 8.59. The standard InChI is InChI=1S/C19H25N3O/c1-15-4-3-5-18-17(15)6-11-23-19(18)7-9-22(10-8-19)14-16-12-20-21(2)13-16/h3-5,12-13H,6-11,14H2,1-2H3. The van der Waals surface area contributed by atoms with Crippen molar-refractivity contribution in [1.82, 2.24) is 14.7 Å². The topological polar surface area (TPSA) is 30.3 Å². The molecule has 0 amide bonds. The van der Waals surface area contributed by atoms with Crippen LogP contribution in [0.25, 0.3) is 0 Å². The summed E-state index contributed by atoms with van der Waals surface area (Å²) < 4.78 is 8.23. The number of rotatable bonds is 2. The van der Waals surface area contributed by atoms with Crippen molar-refractivity contribution < 1.29 is 4.74 Å². The number of fused-ring (bicyclic) bond motifs is 2. The highest BCUT2D eigenvalue weighted by Crippen LogP contribution is 2.42. The van der Waals surface area contributed by atoms with E-state index in [0.717, 1.165) is 45.5 Å². The van der Waals surface area contributed by atoms with E-state index in [0.29, 0.717) is 0 Å². The lowest BCUT2D eigenvalue weighted by Crippen LogP contribution is -2.46. The maximum absolute atomic E-state index is 6.35. The van der Waals surface area contributed by atoms with Gasteiger partial charge in [0.1, 0.15) is 0 Å². The predicted molar refractivity (Wildman–Crippen MR) is 90.2 cm³/mol.